The van der Waals surface area contributed by atoms with Gasteiger partial charge in [-0.15, -0.1) is 0 Å². The van der Waals surface area contributed by atoms with E-state index in [1.165, 1.54) is 24.4 Å². The second-order valence-electron chi connectivity index (χ2n) is 5.98. The Morgan fingerprint density at radius 1 is 1.07 bits per heavy atom. The van der Waals surface area contributed by atoms with Crippen LogP contribution >= 0.6 is 0 Å². The molecule has 0 fully saturated rings. The Kier molecular flexibility index (Phi) is 5.92. The molecule has 0 aliphatic carbocycles. The molecule has 3 aromatic rings. The van der Waals surface area contributed by atoms with E-state index >= 15 is 0 Å². The maximum absolute atomic E-state index is 13.0. The highest BCUT2D eigenvalue weighted by atomic mass is 19.4. The summed E-state index contributed by atoms with van der Waals surface area (Å²) >= 11 is 0. The standard InChI is InChI=1S/C21H16F3N3O2/c1-14-18(7-4-12-25-14)29-20-11-9-16(13-26-20)27-19(28)10-8-15-5-2-3-6-17(15)21(22,23)24/h2-13H,1H3,(H,27,28). The number of hydrogen-bond acceptors (Lipinski definition) is 4. The molecule has 0 saturated carbocycles. The molecule has 0 saturated heterocycles. The Balaban J connectivity index is 1.64. The summed E-state index contributed by atoms with van der Waals surface area (Å²) in [7, 11) is 0. The Bertz CT molecular complexity index is 1030. The van der Waals surface area contributed by atoms with Gasteiger partial charge >= 0.3 is 6.18 Å². The largest absolute Gasteiger partial charge is 0.437 e. The third-order valence-corrected chi connectivity index (χ3v) is 3.86. The van der Waals surface area contributed by atoms with Gasteiger partial charge in [0.25, 0.3) is 0 Å². The lowest BCUT2D eigenvalue weighted by molar-refractivity contribution is -0.137. The molecule has 0 aliphatic heterocycles. The Hall–Kier alpha value is -3.68. The van der Waals surface area contributed by atoms with Crippen molar-refractivity contribution in [3.8, 4) is 11.6 Å². The van der Waals surface area contributed by atoms with Crippen LogP contribution in [0.2, 0.25) is 0 Å². The Labute approximate surface area is 164 Å². The highest BCUT2D eigenvalue weighted by molar-refractivity contribution is 6.01. The number of halogens is 3. The van der Waals surface area contributed by atoms with Crippen LogP contribution in [0.25, 0.3) is 6.08 Å². The molecule has 0 atom stereocenters. The average molecular weight is 399 g/mol. The number of pyridine rings is 2. The van der Waals surface area contributed by atoms with Gasteiger partial charge in [0.15, 0.2) is 5.75 Å². The van der Waals surface area contributed by atoms with Gasteiger partial charge in [-0.1, -0.05) is 18.2 Å². The molecule has 5 nitrogen and oxygen atoms in total. The first kappa shape index (κ1) is 20.1. The zero-order valence-electron chi connectivity index (χ0n) is 15.3. The van der Waals surface area contributed by atoms with E-state index in [0.717, 1.165) is 18.2 Å². The number of carbonyl (C=O) groups excluding carboxylic acids is 1. The van der Waals surface area contributed by atoms with Crippen molar-refractivity contribution in [2.45, 2.75) is 13.1 Å². The molecular weight excluding hydrogens is 383 g/mol. The molecule has 8 heteroatoms. The first-order chi connectivity index (χ1) is 13.8. The Morgan fingerprint density at radius 3 is 2.55 bits per heavy atom. The van der Waals surface area contributed by atoms with E-state index in [1.54, 1.807) is 37.4 Å². The molecule has 148 valence electrons. The molecule has 1 aromatic carbocycles. The number of hydrogen-bond donors (Lipinski definition) is 1. The summed E-state index contributed by atoms with van der Waals surface area (Å²) in [5.74, 6) is 0.289. The van der Waals surface area contributed by atoms with E-state index in [-0.39, 0.29) is 5.56 Å². The maximum Gasteiger partial charge on any atom is 0.416 e. The highest BCUT2D eigenvalue weighted by Gasteiger charge is 2.32. The fourth-order valence-corrected chi connectivity index (χ4v) is 2.45. The van der Waals surface area contributed by atoms with E-state index in [9.17, 15) is 18.0 Å². The minimum Gasteiger partial charge on any atom is -0.437 e. The normalized spacial score (nSPS) is 11.4. The molecule has 29 heavy (non-hydrogen) atoms. The number of nitrogens with zero attached hydrogens (tertiary/aromatic N) is 2. The summed E-state index contributed by atoms with van der Waals surface area (Å²) in [5, 5.41) is 2.54. The number of aromatic nitrogens is 2. The van der Waals surface area contributed by atoms with Gasteiger partial charge in [-0.25, -0.2) is 4.98 Å². The SMILES string of the molecule is Cc1ncccc1Oc1ccc(NC(=O)C=Cc2ccccc2C(F)(F)F)cn1. The van der Waals surface area contributed by atoms with Crippen LogP contribution in [0.1, 0.15) is 16.8 Å². The van der Waals surface area contributed by atoms with Crippen molar-refractivity contribution in [3.63, 3.8) is 0 Å². The number of alkyl halides is 3. The van der Waals surface area contributed by atoms with Crippen LogP contribution in [-0.4, -0.2) is 15.9 Å². The van der Waals surface area contributed by atoms with Crippen molar-refractivity contribution in [1.82, 2.24) is 9.97 Å². The van der Waals surface area contributed by atoms with Gasteiger partial charge in [0.05, 0.1) is 23.1 Å². The number of carbonyl (C=O) groups is 1. The molecule has 0 spiro atoms. The van der Waals surface area contributed by atoms with Crippen LogP contribution < -0.4 is 10.1 Å². The van der Waals surface area contributed by atoms with Crippen LogP contribution in [0.4, 0.5) is 18.9 Å². The summed E-state index contributed by atoms with van der Waals surface area (Å²) < 4.78 is 44.6. The van der Waals surface area contributed by atoms with Crippen molar-refractivity contribution in [2.75, 3.05) is 5.32 Å². The van der Waals surface area contributed by atoms with Crippen molar-refractivity contribution in [2.24, 2.45) is 0 Å². The van der Waals surface area contributed by atoms with Gasteiger partial charge in [0, 0.05) is 18.3 Å². The van der Waals surface area contributed by atoms with E-state index in [2.05, 4.69) is 15.3 Å². The molecule has 2 heterocycles. The van der Waals surface area contributed by atoms with E-state index in [0.29, 0.717) is 23.0 Å². The van der Waals surface area contributed by atoms with Crippen molar-refractivity contribution >= 4 is 17.7 Å². The lowest BCUT2D eigenvalue weighted by atomic mass is 10.1. The number of amides is 1. The van der Waals surface area contributed by atoms with Gasteiger partial charge in [-0.05, 0) is 42.8 Å². The van der Waals surface area contributed by atoms with E-state index in [4.69, 9.17) is 4.74 Å². The highest BCUT2D eigenvalue weighted by Crippen LogP contribution is 2.32. The minimum absolute atomic E-state index is 0.0936. The van der Waals surface area contributed by atoms with Crippen LogP contribution in [0.15, 0.2) is 67.0 Å². The first-order valence-electron chi connectivity index (χ1n) is 8.54. The fraction of sp³-hybridized carbons (Fsp3) is 0.0952. The molecule has 0 bridgehead atoms. The van der Waals surface area contributed by atoms with Gasteiger partial charge in [-0.2, -0.15) is 13.2 Å². The Morgan fingerprint density at radius 2 is 1.86 bits per heavy atom. The molecule has 2 aromatic heterocycles. The number of anilines is 1. The number of ether oxygens (including phenoxy) is 1. The number of rotatable bonds is 5. The zero-order valence-corrected chi connectivity index (χ0v) is 15.3. The molecule has 0 unspecified atom stereocenters. The molecule has 0 aliphatic rings. The smallest absolute Gasteiger partial charge is 0.416 e. The van der Waals surface area contributed by atoms with Crippen LogP contribution in [-0.2, 0) is 11.0 Å². The van der Waals surface area contributed by atoms with Crippen molar-refractivity contribution in [1.29, 1.82) is 0 Å². The van der Waals surface area contributed by atoms with Gasteiger partial charge in [-0.3, -0.25) is 9.78 Å². The minimum atomic E-state index is -4.50. The molecule has 3 rings (SSSR count). The van der Waals surface area contributed by atoms with Gasteiger partial charge in [0.2, 0.25) is 11.8 Å². The maximum atomic E-state index is 13.0. The van der Waals surface area contributed by atoms with Crippen molar-refractivity contribution in [3.05, 3.63) is 83.8 Å². The molecule has 1 N–H and O–H groups in total. The summed E-state index contributed by atoms with van der Waals surface area (Å²) in [6.45, 7) is 1.80. The number of nitrogens with one attached hydrogen (secondary N) is 1. The predicted octanol–water partition coefficient (Wildman–Crippen LogP) is 5.25. The third kappa shape index (κ3) is 5.41. The monoisotopic (exact) mass is 399 g/mol. The molecule has 0 radical (unpaired) electrons. The van der Waals surface area contributed by atoms with Crippen LogP contribution in [0, 0.1) is 6.92 Å². The van der Waals surface area contributed by atoms with Crippen LogP contribution in [0.3, 0.4) is 0 Å². The lowest BCUT2D eigenvalue weighted by Crippen LogP contribution is -2.09. The van der Waals surface area contributed by atoms with E-state index < -0.39 is 17.6 Å². The quantitative estimate of drug-likeness (QED) is 0.596. The summed E-state index contributed by atoms with van der Waals surface area (Å²) in [5.41, 5.74) is 0.178. The summed E-state index contributed by atoms with van der Waals surface area (Å²) in [6, 6.07) is 11.6. The lowest BCUT2D eigenvalue weighted by Gasteiger charge is -2.09. The van der Waals surface area contributed by atoms with Crippen molar-refractivity contribution < 1.29 is 22.7 Å². The second-order valence-corrected chi connectivity index (χ2v) is 5.98. The predicted molar refractivity (Wildman–Crippen MR) is 102 cm³/mol. The zero-order chi connectivity index (χ0) is 20.9. The third-order valence-electron chi connectivity index (χ3n) is 3.86. The first-order valence-corrected chi connectivity index (χ1v) is 8.54. The number of benzene rings is 1. The van der Waals surface area contributed by atoms with E-state index in [1.807, 2.05) is 0 Å². The number of aryl methyl sites for hydroxylation is 1. The fourth-order valence-electron chi connectivity index (χ4n) is 2.45. The van der Waals surface area contributed by atoms with Crippen LogP contribution in [0.5, 0.6) is 11.6 Å². The van der Waals surface area contributed by atoms with Gasteiger partial charge < -0.3 is 10.1 Å². The molecule has 1 amide bonds. The second kappa shape index (κ2) is 8.55. The average Bonchev–Trinajstić information content (AvgIpc) is 2.69. The summed E-state index contributed by atoms with van der Waals surface area (Å²) in [4.78, 5) is 20.2. The topological polar surface area (TPSA) is 64.1 Å². The van der Waals surface area contributed by atoms with Gasteiger partial charge in [0.1, 0.15) is 0 Å². The summed E-state index contributed by atoms with van der Waals surface area (Å²) in [6.07, 6.45) is 0.692. The molecular formula is C21H16F3N3O2.